The lowest BCUT2D eigenvalue weighted by Crippen LogP contribution is -2.06. The predicted octanol–water partition coefficient (Wildman–Crippen LogP) is 4.79. The average Bonchev–Trinajstić information content (AvgIpc) is 3.39. The molecule has 114 valence electrons. The van der Waals surface area contributed by atoms with Crippen molar-refractivity contribution in [2.24, 2.45) is 0 Å². The number of hydrogen-bond donors (Lipinski definition) is 1. The van der Waals surface area contributed by atoms with E-state index in [1.165, 1.54) is 5.56 Å². The molecule has 23 heavy (non-hydrogen) atoms. The Labute approximate surface area is 134 Å². The van der Waals surface area contributed by atoms with Gasteiger partial charge < -0.3 is 5.11 Å². The lowest BCUT2D eigenvalue weighted by molar-refractivity contribution is 0.0698. The van der Waals surface area contributed by atoms with Crippen LogP contribution < -0.4 is 0 Å². The molecule has 0 saturated heterocycles. The number of carbonyl (C=O) groups is 1. The number of rotatable bonds is 3. The monoisotopic (exact) mass is 303 g/mol. The van der Waals surface area contributed by atoms with Crippen molar-refractivity contribution in [1.82, 2.24) is 4.98 Å². The highest BCUT2D eigenvalue weighted by atomic mass is 16.4. The van der Waals surface area contributed by atoms with Crippen LogP contribution >= 0.6 is 0 Å². The number of pyridine rings is 1. The van der Waals surface area contributed by atoms with Crippen LogP contribution in [0.4, 0.5) is 0 Å². The molecule has 4 rings (SSSR count). The van der Waals surface area contributed by atoms with Crippen molar-refractivity contribution in [3.8, 4) is 11.3 Å². The van der Waals surface area contributed by atoms with Crippen LogP contribution in [0.15, 0.2) is 48.5 Å². The van der Waals surface area contributed by atoms with Crippen LogP contribution in [-0.4, -0.2) is 16.1 Å². The lowest BCUT2D eigenvalue weighted by Gasteiger charge is -2.14. The fourth-order valence-electron chi connectivity index (χ4n) is 3.28. The van der Waals surface area contributed by atoms with E-state index in [9.17, 15) is 9.90 Å². The normalized spacial score (nSPS) is 14.1. The minimum atomic E-state index is -0.889. The first-order valence-corrected chi connectivity index (χ1v) is 7.88. The Morgan fingerprint density at radius 1 is 1.09 bits per heavy atom. The number of fused-ring (bicyclic) bond motifs is 1. The third-order valence-corrected chi connectivity index (χ3v) is 4.57. The molecule has 0 aliphatic heterocycles. The molecule has 0 radical (unpaired) electrons. The van der Waals surface area contributed by atoms with Gasteiger partial charge in [-0.3, -0.25) is 0 Å². The maximum Gasteiger partial charge on any atom is 0.336 e. The summed E-state index contributed by atoms with van der Waals surface area (Å²) in [4.78, 5) is 16.8. The highest BCUT2D eigenvalue weighted by Crippen LogP contribution is 2.44. The van der Waals surface area contributed by atoms with Gasteiger partial charge in [0.25, 0.3) is 0 Å². The van der Waals surface area contributed by atoms with Crippen molar-refractivity contribution < 1.29 is 9.90 Å². The highest BCUT2D eigenvalue weighted by molar-refractivity contribution is 6.06. The number of carboxylic acids is 1. The zero-order valence-electron chi connectivity index (χ0n) is 12.9. The molecule has 1 aliphatic rings. The second kappa shape index (κ2) is 5.20. The van der Waals surface area contributed by atoms with Gasteiger partial charge in [-0.25, -0.2) is 9.78 Å². The maximum atomic E-state index is 11.9. The summed E-state index contributed by atoms with van der Waals surface area (Å²) in [7, 11) is 0. The molecule has 0 amide bonds. The van der Waals surface area contributed by atoms with Gasteiger partial charge in [-0.2, -0.15) is 0 Å². The first-order chi connectivity index (χ1) is 11.2. The Morgan fingerprint density at radius 2 is 1.83 bits per heavy atom. The lowest BCUT2D eigenvalue weighted by atomic mass is 9.95. The summed E-state index contributed by atoms with van der Waals surface area (Å²) in [5.41, 5.74) is 4.85. The number of para-hydroxylation sites is 1. The van der Waals surface area contributed by atoms with Gasteiger partial charge in [-0.1, -0.05) is 48.5 Å². The van der Waals surface area contributed by atoms with Crippen LogP contribution in [0.2, 0.25) is 0 Å². The van der Waals surface area contributed by atoms with E-state index >= 15 is 0 Å². The van der Waals surface area contributed by atoms with Gasteiger partial charge in [0.05, 0.1) is 16.8 Å². The van der Waals surface area contributed by atoms with E-state index < -0.39 is 5.97 Å². The van der Waals surface area contributed by atoms with Gasteiger partial charge in [0, 0.05) is 10.9 Å². The summed E-state index contributed by atoms with van der Waals surface area (Å²) in [5, 5.41) is 10.5. The second-order valence-electron chi connectivity index (χ2n) is 6.15. The van der Waals surface area contributed by atoms with Gasteiger partial charge in [0.1, 0.15) is 0 Å². The predicted molar refractivity (Wildman–Crippen MR) is 90.9 cm³/mol. The Bertz CT molecular complexity index is 912. The van der Waals surface area contributed by atoms with Crippen LogP contribution in [0.1, 0.15) is 40.2 Å². The molecule has 1 aromatic heterocycles. The number of carboxylic acid groups (broad SMARTS) is 1. The molecule has 1 N–H and O–H groups in total. The molecule has 0 bridgehead atoms. The molecular weight excluding hydrogens is 286 g/mol. The molecule has 3 heteroatoms. The van der Waals surface area contributed by atoms with E-state index in [-0.39, 0.29) is 0 Å². The quantitative estimate of drug-likeness (QED) is 0.757. The van der Waals surface area contributed by atoms with Gasteiger partial charge in [0.15, 0.2) is 0 Å². The summed E-state index contributed by atoms with van der Waals surface area (Å²) in [6, 6.07) is 15.7. The van der Waals surface area contributed by atoms with E-state index in [1.54, 1.807) is 0 Å². The van der Waals surface area contributed by atoms with Crippen molar-refractivity contribution in [1.29, 1.82) is 0 Å². The number of benzene rings is 2. The SMILES string of the molecule is Cc1c(-c2ccccc2)nc2c(C3CC3)cccc2c1C(=O)O. The molecule has 1 fully saturated rings. The van der Waals surface area contributed by atoms with Gasteiger partial charge >= 0.3 is 5.97 Å². The minimum absolute atomic E-state index is 0.372. The van der Waals surface area contributed by atoms with E-state index in [0.29, 0.717) is 11.5 Å². The summed E-state index contributed by atoms with van der Waals surface area (Å²) in [5.74, 6) is -0.362. The minimum Gasteiger partial charge on any atom is -0.478 e. The molecule has 0 unspecified atom stereocenters. The Balaban J connectivity index is 2.10. The molecule has 3 aromatic rings. The van der Waals surface area contributed by atoms with Crippen molar-refractivity contribution in [2.45, 2.75) is 25.7 Å². The topological polar surface area (TPSA) is 50.2 Å². The standard InChI is InChI=1S/C20H17NO2/c1-12-17(20(22)23)16-9-5-8-15(13-10-11-13)19(16)21-18(12)14-6-3-2-4-7-14/h2-9,13H,10-11H2,1H3,(H,22,23). The number of hydrogen-bond acceptors (Lipinski definition) is 2. The van der Waals surface area contributed by atoms with E-state index in [0.717, 1.165) is 40.6 Å². The van der Waals surface area contributed by atoms with E-state index in [4.69, 9.17) is 4.98 Å². The van der Waals surface area contributed by atoms with Crippen molar-refractivity contribution in [3.63, 3.8) is 0 Å². The Kier molecular flexibility index (Phi) is 3.15. The van der Waals surface area contributed by atoms with E-state index in [1.807, 2.05) is 49.4 Å². The maximum absolute atomic E-state index is 11.9. The van der Waals surface area contributed by atoms with Crippen LogP contribution in [0.25, 0.3) is 22.2 Å². The van der Waals surface area contributed by atoms with Gasteiger partial charge in [-0.15, -0.1) is 0 Å². The highest BCUT2D eigenvalue weighted by Gasteiger charge is 2.28. The van der Waals surface area contributed by atoms with Crippen molar-refractivity contribution in [3.05, 3.63) is 65.2 Å². The zero-order valence-corrected chi connectivity index (χ0v) is 12.9. The molecule has 1 aliphatic carbocycles. The number of nitrogens with zero attached hydrogens (tertiary/aromatic N) is 1. The first-order valence-electron chi connectivity index (χ1n) is 7.88. The van der Waals surface area contributed by atoms with E-state index in [2.05, 4.69) is 6.07 Å². The molecule has 0 spiro atoms. The zero-order chi connectivity index (χ0) is 16.0. The van der Waals surface area contributed by atoms with Crippen LogP contribution in [0.3, 0.4) is 0 Å². The number of aromatic nitrogens is 1. The third-order valence-electron chi connectivity index (χ3n) is 4.57. The third kappa shape index (κ3) is 2.29. The fourth-order valence-corrected chi connectivity index (χ4v) is 3.28. The average molecular weight is 303 g/mol. The van der Waals surface area contributed by atoms with Crippen molar-refractivity contribution >= 4 is 16.9 Å². The van der Waals surface area contributed by atoms with Gasteiger partial charge in [-0.05, 0) is 36.8 Å². The molecule has 1 saturated carbocycles. The molecule has 0 atom stereocenters. The van der Waals surface area contributed by atoms with Crippen LogP contribution in [-0.2, 0) is 0 Å². The largest absolute Gasteiger partial charge is 0.478 e. The van der Waals surface area contributed by atoms with Crippen LogP contribution in [0.5, 0.6) is 0 Å². The number of aromatic carboxylic acids is 1. The summed E-state index contributed by atoms with van der Waals surface area (Å²) in [6.07, 6.45) is 2.33. The summed E-state index contributed by atoms with van der Waals surface area (Å²) < 4.78 is 0. The Morgan fingerprint density at radius 3 is 2.48 bits per heavy atom. The van der Waals surface area contributed by atoms with Gasteiger partial charge in [0.2, 0.25) is 0 Å². The summed E-state index contributed by atoms with van der Waals surface area (Å²) >= 11 is 0. The molecule has 2 aromatic carbocycles. The fraction of sp³-hybridized carbons (Fsp3) is 0.200. The molecular formula is C20H17NO2. The van der Waals surface area contributed by atoms with Crippen LogP contribution in [0, 0.1) is 6.92 Å². The Hall–Kier alpha value is -2.68. The van der Waals surface area contributed by atoms with Crippen molar-refractivity contribution in [2.75, 3.05) is 0 Å². The second-order valence-corrected chi connectivity index (χ2v) is 6.15. The summed E-state index contributed by atoms with van der Waals surface area (Å²) in [6.45, 7) is 1.85. The smallest absolute Gasteiger partial charge is 0.336 e. The molecule has 3 nitrogen and oxygen atoms in total. The first kappa shape index (κ1) is 13.9. The molecule has 1 heterocycles.